The van der Waals surface area contributed by atoms with Gasteiger partial charge in [0.25, 0.3) is 11.1 Å². The van der Waals surface area contributed by atoms with Crippen LogP contribution in [-0.2, 0) is 36.8 Å². The van der Waals surface area contributed by atoms with Gasteiger partial charge in [-0.25, -0.2) is 26.3 Å². The van der Waals surface area contributed by atoms with Gasteiger partial charge in [0.2, 0.25) is 0 Å². The number of esters is 1. The van der Waals surface area contributed by atoms with Crippen LogP contribution in [-0.4, -0.2) is 101 Å². The summed E-state index contributed by atoms with van der Waals surface area (Å²) in [6.45, 7) is 24.5. The number of halogens is 6. The van der Waals surface area contributed by atoms with Gasteiger partial charge in [0.15, 0.2) is 11.6 Å². The van der Waals surface area contributed by atoms with Crippen LogP contribution in [0.1, 0.15) is 225 Å². The number of carbonyl (C=O) groups is 4. The van der Waals surface area contributed by atoms with Crippen molar-refractivity contribution in [2.24, 2.45) is 11.8 Å². The molecule has 0 amide bonds. The summed E-state index contributed by atoms with van der Waals surface area (Å²) in [5.41, 5.74) is 5.72. The van der Waals surface area contributed by atoms with Gasteiger partial charge in [0.1, 0.15) is 34.9 Å². The quantitative estimate of drug-likeness (QED) is 0.0249. The van der Waals surface area contributed by atoms with Crippen molar-refractivity contribution in [2.75, 3.05) is 47.9 Å². The van der Waals surface area contributed by atoms with Crippen LogP contribution in [0.3, 0.4) is 0 Å². The molecular formula is C80H107F6LiN4O9S2. The minimum absolute atomic E-state index is 0. The minimum atomic E-state index is -1.36. The van der Waals surface area contributed by atoms with Crippen molar-refractivity contribution >= 4 is 50.5 Å². The fraction of sp³-hybridized carbons (Fsp3) is 0.525. The Kier molecular flexibility index (Phi) is 34.6. The molecule has 0 aliphatic heterocycles. The molecule has 0 spiro atoms. The van der Waals surface area contributed by atoms with Crippen molar-refractivity contribution in [3.05, 3.63) is 182 Å². The summed E-state index contributed by atoms with van der Waals surface area (Å²) in [5.74, 6) is -9.77. The summed E-state index contributed by atoms with van der Waals surface area (Å²) in [6.07, 6.45) is 8.68. The molecule has 22 heteroatoms. The molecule has 0 radical (unpaired) electrons. The van der Waals surface area contributed by atoms with Gasteiger partial charge in [-0.15, -0.1) is 0 Å². The van der Waals surface area contributed by atoms with Crippen LogP contribution < -0.4 is 30.0 Å². The molecule has 2 aliphatic carbocycles. The Labute approximate surface area is 625 Å². The SMILES string of the molecule is CCOC(=O)C[C@H](CC(=O)C(CC(C)C)n1cc(CCCN(C)C)c(C)cc1=O)c1c(F)c(C)cc(-c2c(C)cc(C3CC3)c(F)c2C)c1F.Cc1cc(=O)n(C(CC(C)C)C(=O)C[C@@H](CC(=O)O)c2c(F)c(C)cc(-c3c(C)cc(C4CC4)c(F)c3C)c2F)cc1CCCN(C)C.S.S.[Li+].[OH-]. The largest absolute Gasteiger partial charge is 1.00 e. The number of carbonyl (C=O) groups excluding carboxylic acids is 3. The number of pyridine rings is 2. The number of rotatable bonds is 31. The zero-order valence-corrected chi connectivity index (χ0v) is 65.1. The third kappa shape index (κ3) is 22.2. The molecule has 4 aromatic carbocycles. The van der Waals surface area contributed by atoms with Crippen LogP contribution >= 0.6 is 27.0 Å². The predicted octanol–water partition coefficient (Wildman–Crippen LogP) is 14.2. The summed E-state index contributed by atoms with van der Waals surface area (Å²) in [5, 5.41) is 9.88. The second-order valence-electron chi connectivity index (χ2n) is 29.2. The smallest absolute Gasteiger partial charge is 0.870 e. The van der Waals surface area contributed by atoms with E-state index in [1.807, 2.05) is 69.7 Å². The minimum Gasteiger partial charge on any atom is -0.870 e. The number of ether oxygens (including phenoxy) is 1. The number of benzene rings is 4. The Hall–Kier alpha value is -6.18. The van der Waals surface area contributed by atoms with Gasteiger partial charge < -0.3 is 34.3 Å². The van der Waals surface area contributed by atoms with E-state index in [4.69, 9.17) is 4.74 Å². The number of nitrogens with zero attached hydrogens (tertiary/aromatic N) is 4. The number of aromatic nitrogens is 2. The average Bonchev–Trinajstić information content (AvgIpc) is 0.827. The van der Waals surface area contributed by atoms with Crippen LogP contribution in [0.2, 0.25) is 0 Å². The number of carboxylic acid groups (broad SMARTS) is 1. The van der Waals surface area contributed by atoms with Crippen molar-refractivity contribution in [3.8, 4) is 22.3 Å². The van der Waals surface area contributed by atoms with Crippen LogP contribution in [0.15, 0.2) is 58.4 Å². The molecule has 2 aliphatic rings. The zero-order chi connectivity index (χ0) is 72.6. The second-order valence-corrected chi connectivity index (χ2v) is 29.2. The third-order valence-electron chi connectivity index (χ3n) is 19.4. The van der Waals surface area contributed by atoms with Gasteiger partial charge in [0.05, 0.1) is 31.5 Å². The number of hydrogen-bond donors (Lipinski definition) is 1. The number of carboxylic acids is 1. The monoisotopic (exact) mass is 1450 g/mol. The van der Waals surface area contributed by atoms with Crippen molar-refractivity contribution in [1.82, 2.24) is 18.9 Å². The summed E-state index contributed by atoms with van der Waals surface area (Å²) < 4.78 is 105. The molecule has 6 aromatic rings. The first-order valence-electron chi connectivity index (χ1n) is 34.8. The normalized spacial score (nSPS) is 13.9. The number of aryl methyl sites for hydroxylation is 8. The summed E-state index contributed by atoms with van der Waals surface area (Å²) in [6, 6.07) is 7.33. The number of Topliss-reactive ketones (excluding diaryl/α,β-unsaturated/α-hetero) is 2. The van der Waals surface area contributed by atoms with Gasteiger partial charge in [0, 0.05) is 71.5 Å². The molecule has 8 rings (SSSR count). The van der Waals surface area contributed by atoms with E-state index in [-0.39, 0.29) is 133 Å². The van der Waals surface area contributed by atoms with E-state index in [0.29, 0.717) is 52.6 Å². The van der Waals surface area contributed by atoms with E-state index >= 15 is 26.3 Å². The standard InChI is InChI=1S/C41H53F3N2O4.C39H49F3N2O4.Li.H2O.2H2S/c1-10-50-36(49)21-30(20-34(47)33(16-23(2)3)46-22-29(12-11-15-45(8)9)24(4)19-35(46)48)38-39(42)26(6)18-32(41(38)44)37-25(5)17-31(28-13-14-28)40(43)27(37)7;1-21(2)14-31(44-20-27(10-9-13-43(7)8)22(3)17-33(44)46)32(45)18-28(19-34(47)48)36-37(40)24(5)16-30(39(36)42)35-23(4)15-29(26-11-12-26)38(41)25(35)6;;;;/h17-19,22-23,28,30,33H,10-16,20-21H2,1-9H3;15-17,20-21,26,28,31H,9-14,18-19H2,1-8H3,(H,47,48);;3*1H2/q;;+1;;;/p-1/t30-,33?;28-,31?;;;;/m00..../s1. The molecule has 2 saturated carbocycles. The van der Waals surface area contributed by atoms with Gasteiger partial charge in [-0.2, -0.15) is 27.0 Å². The molecule has 556 valence electrons. The molecule has 2 heterocycles. The summed E-state index contributed by atoms with van der Waals surface area (Å²) in [4.78, 5) is 84.5. The van der Waals surface area contributed by atoms with E-state index in [0.717, 1.165) is 73.9 Å². The second kappa shape index (κ2) is 39.2. The fourth-order valence-corrected chi connectivity index (χ4v) is 14.1. The molecule has 13 nitrogen and oxygen atoms in total. The van der Waals surface area contributed by atoms with Gasteiger partial charge in [-0.1, -0.05) is 39.8 Å². The molecule has 102 heavy (non-hydrogen) atoms. The molecule has 0 saturated heterocycles. The zero-order valence-electron chi connectivity index (χ0n) is 63.1. The molecule has 4 atom stereocenters. The maximum absolute atomic E-state index is 16.9. The molecule has 2 aromatic heterocycles. The first kappa shape index (κ1) is 90.0. The first-order valence-corrected chi connectivity index (χ1v) is 34.8. The fourth-order valence-electron chi connectivity index (χ4n) is 14.1. The van der Waals surface area contributed by atoms with Crippen molar-refractivity contribution in [1.29, 1.82) is 0 Å². The van der Waals surface area contributed by atoms with E-state index in [9.17, 15) is 33.9 Å². The van der Waals surface area contributed by atoms with Crippen molar-refractivity contribution < 1.29 is 79.7 Å². The Bertz CT molecular complexity index is 4090. The first-order chi connectivity index (χ1) is 46.1. The van der Waals surface area contributed by atoms with Gasteiger partial charge in [-0.3, -0.25) is 28.8 Å². The van der Waals surface area contributed by atoms with Crippen LogP contribution in [0.25, 0.3) is 22.3 Å². The number of ketones is 2. The maximum atomic E-state index is 16.9. The Morgan fingerprint density at radius 1 is 0.520 bits per heavy atom. The van der Waals surface area contributed by atoms with Crippen molar-refractivity contribution in [3.63, 3.8) is 0 Å². The Balaban J connectivity index is 0.000000511. The Morgan fingerprint density at radius 2 is 0.873 bits per heavy atom. The number of aliphatic carboxylic acids is 1. The Morgan fingerprint density at radius 3 is 1.19 bits per heavy atom. The molecule has 0 bridgehead atoms. The molecular weight excluding hydrogens is 1350 g/mol. The van der Waals surface area contributed by atoms with Gasteiger partial charge in [-0.05, 0) is 281 Å². The summed E-state index contributed by atoms with van der Waals surface area (Å²) in [7, 11) is 7.94. The molecule has 2 N–H and O–H groups in total. The van der Waals surface area contributed by atoms with Crippen LogP contribution in [0.5, 0.6) is 0 Å². The summed E-state index contributed by atoms with van der Waals surface area (Å²) >= 11 is 0. The number of hydrogen-bond acceptors (Lipinski definition) is 10. The predicted molar refractivity (Wildman–Crippen MR) is 398 cm³/mol. The maximum Gasteiger partial charge on any atom is 1.00 e. The average molecular weight is 1450 g/mol. The van der Waals surface area contributed by atoms with Crippen LogP contribution in [0.4, 0.5) is 26.3 Å². The van der Waals surface area contributed by atoms with Crippen LogP contribution in [0, 0.1) is 102 Å². The molecule has 2 unspecified atom stereocenters. The topological polar surface area (TPSA) is 178 Å². The van der Waals surface area contributed by atoms with Crippen molar-refractivity contribution in [2.45, 2.75) is 216 Å². The molecule has 2 fully saturated rings. The third-order valence-corrected chi connectivity index (χ3v) is 19.4. The van der Waals surface area contributed by atoms with E-state index < -0.39 is 119 Å². The van der Waals surface area contributed by atoms with Gasteiger partial charge >= 0.3 is 30.8 Å². The van der Waals surface area contributed by atoms with E-state index in [1.54, 1.807) is 59.1 Å². The van der Waals surface area contributed by atoms with E-state index in [1.165, 1.54) is 47.2 Å². The van der Waals surface area contributed by atoms with E-state index in [2.05, 4.69) is 9.80 Å².